The minimum atomic E-state index is 0.553. The Morgan fingerprint density at radius 1 is 1.36 bits per heavy atom. The van der Waals surface area contributed by atoms with Crippen molar-refractivity contribution in [3.63, 3.8) is 0 Å². The highest BCUT2D eigenvalue weighted by Crippen LogP contribution is 2.28. The Morgan fingerprint density at radius 2 is 2.14 bits per heavy atom. The van der Waals surface area contributed by atoms with Gasteiger partial charge in [0, 0.05) is 10.0 Å². The Hall–Kier alpha value is -1.60. The molecule has 0 fully saturated rings. The summed E-state index contributed by atoms with van der Waals surface area (Å²) < 4.78 is 0.945. The number of aromatic amines is 1. The van der Waals surface area contributed by atoms with Crippen molar-refractivity contribution in [3.05, 3.63) is 40.5 Å². The smallest absolute Gasteiger partial charge is 0.103 e. The maximum Gasteiger partial charge on any atom is 0.103 e. The number of nitrogens with one attached hydrogen (secondary N) is 1. The van der Waals surface area contributed by atoms with Crippen LogP contribution >= 0.6 is 15.9 Å². The molecule has 0 aliphatic heterocycles. The largest absolute Gasteiger partial charge is 0.276 e. The molecule has 1 aromatic heterocycles. The molecule has 0 bridgehead atoms. The van der Waals surface area contributed by atoms with Crippen molar-refractivity contribution >= 4 is 15.9 Å². The van der Waals surface area contributed by atoms with Crippen molar-refractivity contribution in [2.75, 3.05) is 0 Å². The molecule has 0 aliphatic rings. The van der Waals surface area contributed by atoms with Crippen LogP contribution in [0.1, 0.15) is 5.56 Å². The normalized spacial score (nSPS) is 9.71. The fraction of sp³-hybridized carbons (Fsp3) is 0. The van der Waals surface area contributed by atoms with E-state index in [0.29, 0.717) is 5.56 Å². The van der Waals surface area contributed by atoms with Crippen molar-refractivity contribution < 1.29 is 0 Å². The van der Waals surface area contributed by atoms with Crippen LogP contribution in [0.15, 0.2) is 34.9 Å². The highest BCUT2D eigenvalue weighted by molar-refractivity contribution is 9.10. The second kappa shape index (κ2) is 3.64. The standard InChI is InChI=1S/C10H6BrN3/c11-9-4-2-1-3-8(9)10-7(5-12)6-13-14-10/h1-4,6H,(H,13,14). The second-order valence-electron chi connectivity index (χ2n) is 2.75. The van der Waals surface area contributed by atoms with Gasteiger partial charge in [0.15, 0.2) is 0 Å². The number of aromatic nitrogens is 2. The number of halogens is 1. The Labute approximate surface area is 89.5 Å². The number of H-pyrrole nitrogens is 1. The van der Waals surface area contributed by atoms with Gasteiger partial charge in [-0.05, 0) is 6.07 Å². The van der Waals surface area contributed by atoms with Gasteiger partial charge in [-0.25, -0.2) is 0 Å². The van der Waals surface area contributed by atoms with Crippen LogP contribution in [0.2, 0.25) is 0 Å². The van der Waals surface area contributed by atoms with Crippen LogP contribution in [0.5, 0.6) is 0 Å². The van der Waals surface area contributed by atoms with Crippen molar-refractivity contribution in [1.82, 2.24) is 10.2 Å². The first-order valence-electron chi connectivity index (χ1n) is 4.01. The van der Waals surface area contributed by atoms with Crippen molar-refractivity contribution in [2.24, 2.45) is 0 Å². The number of nitriles is 1. The van der Waals surface area contributed by atoms with E-state index >= 15 is 0 Å². The van der Waals surface area contributed by atoms with Gasteiger partial charge in [-0.1, -0.05) is 34.1 Å². The zero-order valence-corrected chi connectivity index (χ0v) is 8.75. The molecule has 0 amide bonds. The summed E-state index contributed by atoms with van der Waals surface area (Å²) in [5.41, 5.74) is 2.25. The summed E-state index contributed by atoms with van der Waals surface area (Å²) in [6.07, 6.45) is 1.52. The number of benzene rings is 1. The number of nitrogens with zero attached hydrogens (tertiary/aromatic N) is 2. The molecule has 0 radical (unpaired) electrons. The third-order valence-electron chi connectivity index (χ3n) is 1.90. The maximum absolute atomic E-state index is 8.83. The van der Waals surface area contributed by atoms with Crippen LogP contribution < -0.4 is 0 Å². The van der Waals surface area contributed by atoms with Crippen LogP contribution in [-0.4, -0.2) is 10.2 Å². The molecular weight excluding hydrogens is 242 g/mol. The van der Waals surface area contributed by atoms with E-state index in [2.05, 4.69) is 32.2 Å². The summed E-state index contributed by atoms with van der Waals surface area (Å²) in [6, 6.07) is 9.79. The SMILES string of the molecule is N#Cc1cn[nH]c1-c1ccccc1Br. The Bertz CT molecular complexity index is 496. The lowest BCUT2D eigenvalue weighted by Gasteiger charge is -2.00. The van der Waals surface area contributed by atoms with E-state index in [1.54, 1.807) is 0 Å². The van der Waals surface area contributed by atoms with Crippen LogP contribution in [0.3, 0.4) is 0 Å². The van der Waals surface area contributed by atoms with Crippen LogP contribution in [-0.2, 0) is 0 Å². The van der Waals surface area contributed by atoms with Gasteiger partial charge >= 0.3 is 0 Å². The number of hydrogen-bond donors (Lipinski definition) is 1. The number of rotatable bonds is 1. The fourth-order valence-corrected chi connectivity index (χ4v) is 1.72. The third-order valence-corrected chi connectivity index (χ3v) is 2.59. The van der Waals surface area contributed by atoms with E-state index in [4.69, 9.17) is 5.26 Å². The lowest BCUT2D eigenvalue weighted by molar-refractivity contribution is 1.09. The Morgan fingerprint density at radius 3 is 2.86 bits per heavy atom. The minimum Gasteiger partial charge on any atom is -0.276 e. The highest BCUT2D eigenvalue weighted by atomic mass is 79.9. The predicted molar refractivity (Wildman–Crippen MR) is 56.4 cm³/mol. The molecule has 0 saturated heterocycles. The average Bonchev–Trinajstić information content (AvgIpc) is 2.66. The number of hydrogen-bond acceptors (Lipinski definition) is 2. The third kappa shape index (κ3) is 1.42. The summed E-state index contributed by atoms with van der Waals surface area (Å²) in [6.45, 7) is 0. The van der Waals surface area contributed by atoms with Gasteiger partial charge in [0.05, 0.1) is 17.5 Å². The average molecular weight is 248 g/mol. The second-order valence-corrected chi connectivity index (χ2v) is 3.60. The first-order valence-corrected chi connectivity index (χ1v) is 4.80. The zero-order valence-electron chi connectivity index (χ0n) is 7.16. The summed E-state index contributed by atoms with van der Waals surface area (Å²) in [4.78, 5) is 0. The highest BCUT2D eigenvalue weighted by Gasteiger charge is 2.08. The van der Waals surface area contributed by atoms with E-state index in [-0.39, 0.29) is 0 Å². The fourth-order valence-electron chi connectivity index (χ4n) is 1.24. The van der Waals surface area contributed by atoms with Crippen molar-refractivity contribution in [1.29, 1.82) is 5.26 Å². The van der Waals surface area contributed by atoms with Crippen molar-refractivity contribution in [3.8, 4) is 17.3 Å². The molecule has 2 rings (SSSR count). The van der Waals surface area contributed by atoms with Gasteiger partial charge in [0.1, 0.15) is 6.07 Å². The molecule has 0 unspecified atom stereocenters. The molecule has 2 aromatic rings. The van der Waals surface area contributed by atoms with Crippen LogP contribution in [0.4, 0.5) is 0 Å². The van der Waals surface area contributed by atoms with E-state index < -0.39 is 0 Å². The molecule has 1 heterocycles. The molecular formula is C10H6BrN3. The van der Waals surface area contributed by atoms with Gasteiger partial charge in [-0.3, -0.25) is 5.10 Å². The predicted octanol–water partition coefficient (Wildman–Crippen LogP) is 2.71. The molecule has 0 saturated carbocycles. The van der Waals surface area contributed by atoms with E-state index in [0.717, 1.165) is 15.7 Å². The van der Waals surface area contributed by atoms with Gasteiger partial charge in [-0.15, -0.1) is 0 Å². The van der Waals surface area contributed by atoms with E-state index in [1.165, 1.54) is 6.20 Å². The summed E-state index contributed by atoms with van der Waals surface area (Å²) in [5, 5.41) is 15.5. The van der Waals surface area contributed by atoms with Gasteiger partial charge in [-0.2, -0.15) is 10.4 Å². The Balaban J connectivity index is 2.62. The lowest BCUT2D eigenvalue weighted by atomic mass is 10.1. The maximum atomic E-state index is 8.83. The molecule has 14 heavy (non-hydrogen) atoms. The molecule has 0 atom stereocenters. The quantitative estimate of drug-likeness (QED) is 0.843. The topological polar surface area (TPSA) is 52.5 Å². The summed E-state index contributed by atoms with van der Waals surface area (Å²) in [5.74, 6) is 0. The minimum absolute atomic E-state index is 0.553. The molecule has 4 heteroatoms. The first-order chi connectivity index (χ1) is 6.83. The van der Waals surface area contributed by atoms with Crippen LogP contribution in [0, 0.1) is 11.3 Å². The van der Waals surface area contributed by atoms with Crippen molar-refractivity contribution in [2.45, 2.75) is 0 Å². The molecule has 1 aromatic carbocycles. The van der Waals surface area contributed by atoms with Gasteiger partial charge < -0.3 is 0 Å². The summed E-state index contributed by atoms with van der Waals surface area (Å²) >= 11 is 3.42. The lowest BCUT2D eigenvalue weighted by Crippen LogP contribution is -1.82. The first kappa shape index (κ1) is 8.97. The van der Waals surface area contributed by atoms with Gasteiger partial charge in [0.2, 0.25) is 0 Å². The summed E-state index contributed by atoms with van der Waals surface area (Å²) in [7, 11) is 0. The zero-order chi connectivity index (χ0) is 9.97. The van der Waals surface area contributed by atoms with E-state index in [9.17, 15) is 0 Å². The molecule has 0 spiro atoms. The van der Waals surface area contributed by atoms with Crippen LogP contribution in [0.25, 0.3) is 11.3 Å². The molecule has 0 aliphatic carbocycles. The van der Waals surface area contributed by atoms with Gasteiger partial charge in [0.25, 0.3) is 0 Å². The Kier molecular flexibility index (Phi) is 2.33. The van der Waals surface area contributed by atoms with E-state index in [1.807, 2.05) is 24.3 Å². The molecule has 3 nitrogen and oxygen atoms in total. The molecule has 1 N–H and O–H groups in total. The molecule has 68 valence electrons. The monoisotopic (exact) mass is 247 g/mol.